The van der Waals surface area contributed by atoms with Gasteiger partial charge in [0, 0.05) is 12.1 Å². The summed E-state index contributed by atoms with van der Waals surface area (Å²) in [6, 6.07) is 11.3. The number of imidazole rings is 1. The molecular weight excluding hydrogens is 367 g/mol. The molecule has 0 atom stereocenters. The Morgan fingerprint density at radius 3 is 2.54 bits per heavy atom. The van der Waals surface area contributed by atoms with Gasteiger partial charge in [-0.25, -0.2) is 18.2 Å². The summed E-state index contributed by atoms with van der Waals surface area (Å²) in [6.45, 7) is 0.735. The summed E-state index contributed by atoms with van der Waals surface area (Å²) in [5, 5.41) is 2.33. The van der Waals surface area contributed by atoms with Crippen LogP contribution in [0.4, 0.5) is 18.9 Å². The van der Waals surface area contributed by atoms with Crippen LogP contribution in [0.3, 0.4) is 0 Å². The van der Waals surface area contributed by atoms with E-state index in [0.29, 0.717) is 12.2 Å². The minimum Gasteiger partial charge on any atom is -0.327 e. The second kappa shape index (κ2) is 7.50. The maximum Gasteiger partial charge on any atom is 0.276 e. The third kappa shape index (κ3) is 3.28. The molecular formula is C21H18F3N3O. The quantitative estimate of drug-likeness (QED) is 0.649. The summed E-state index contributed by atoms with van der Waals surface area (Å²) in [6.07, 6.45) is 3.60. The number of hydrogen-bond acceptors (Lipinski definition) is 2. The van der Waals surface area contributed by atoms with Crippen LogP contribution in [0.25, 0.3) is 11.4 Å². The van der Waals surface area contributed by atoms with Crippen molar-refractivity contribution in [3.8, 4) is 11.4 Å². The Morgan fingerprint density at radius 2 is 1.75 bits per heavy atom. The molecule has 0 aliphatic carbocycles. The molecule has 2 heterocycles. The van der Waals surface area contributed by atoms with Crippen LogP contribution in [0, 0.1) is 17.5 Å². The van der Waals surface area contributed by atoms with Gasteiger partial charge in [-0.1, -0.05) is 36.8 Å². The molecule has 0 spiro atoms. The van der Waals surface area contributed by atoms with Gasteiger partial charge in [0.25, 0.3) is 5.91 Å². The highest BCUT2D eigenvalue weighted by molar-refractivity contribution is 6.04. The molecule has 0 radical (unpaired) electrons. The van der Waals surface area contributed by atoms with Crippen LogP contribution in [0.15, 0.2) is 42.5 Å². The van der Waals surface area contributed by atoms with E-state index in [1.165, 1.54) is 0 Å². The minimum atomic E-state index is -1.62. The van der Waals surface area contributed by atoms with Crippen molar-refractivity contribution in [2.75, 3.05) is 5.32 Å². The summed E-state index contributed by atoms with van der Waals surface area (Å²) in [5.74, 6) is -4.32. The van der Waals surface area contributed by atoms with Crippen molar-refractivity contribution in [2.45, 2.75) is 32.2 Å². The smallest absolute Gasteiger partial charge is 0.276 e. The fourth-order valence-corrected chi connectivity index (χ4v) is 3.51. The normalized spacial score (nSPS) is 13.7. The topological polar surface area (TPSA) is 46.9 Å². The third-order valence-electron chi connectivity index (χ3n) is 4.90. The molecule has 0 bridgehead atoms. The van der Waals surface area contributed by atoms with Crippen molar-refractivity contribution in [3.05, 3.63) is 71.3 Å². The van der Waals surface area contributed by atoms with Crippen LogP contribution < -0.4 is 5.32 Å². The van der Waals surface area contributed by atoms with Crippen LogP contribution in [0.1, 0.15) is 35.4 Å². The number of nitrogens with zero attached hydrogens (tertiary/aromatic N) is 2. The second-order valence-corrected chi connectivity index (χ2v) is 6.74. The standard InChI is InChI=1S/C21H18F3N3O/c22-14-10-11-15(18(24)17(14)23)25-21(28)19-16-9-5-2-6-12-27(16)20(26-19)13-7-3-1-4-8-13/h1,3-4,7-8,10-11H,2,5-6,9,12H2,(H,25,28). The van der Waals surface area contributed by atoms with Crippen LogP contribution in [0.5, 0.6) is 0 Å². The monoisotopic (exact) mass is 385 g/mol. The molecule has 2 aromatic carbocycles. The first-order valence-electron chi connectivity index (χ1n) is 9.16. The highest BCUT2D eigenvalue weighted by Crippen LogP contribution is 2.28. The van der Waals surface area contributed by atoms with Crippen molar-refractivity contribution in [1.82, 2.24) is 9.55 Å². The van der Waals surface area contributed by atoms with E-state index >= 15 is 0 Å². The van der Waals surface area contributed by atoms with Crippen LogP contribution in [-0.2, 0) is 13.0 Å². The minimum absolute atomic E-state index is 0.185. The Labute approximate surface area is 160 Å². The van der Waals surface area contributed by atoms with E-state index in [1.807, 2.05) is 34.9 Å². The zero-order chi connectivity index (χ0) is 19.7. The van der Waals surface area contributed by atoms with Gasteiger partial charge in [-0.05, 0) is 31.4 Å². The summed E-state index contributed by atoms with van der Waals surface area (Å²) >= 11 is 0. The van der Waals surface area contributed by atoms with Gasteiger partial charge in [-0.15, -0.1) is 0 Å². The Bertz CT molecular complexity index is 1030. The van der Waals surface area contributed by atoms with E-state index in [2.05, 4.69) is 10.3 Å². The molecule has 1 N–H and O–H groups in total. The fourth-order valence-electron chi connectivity index (χ4n) is 3.51. The molecule has 1 aliphatic heterocycles. The van der Waals surface area contributed by atoms with Gasteiger partial charge < -0.3 is 9.88 Å². The maximum absolute atomic E-state index is 14.0. The molecule has 7 heteroatoms. The van der Waals surface area contributed by atoms with E-state index in [9.17, 15) is 18.0 Å². The number of anilines is 1. The molecule has 1 aliphatic rings. The van der Waals surface area contributed by atoms with Crippen molar-refractivity contribution in [3.63, 3.8) is 0 Å². The van der Waals surface area contributed by atoms with Gasteiger partial charge >= 0.3 is 0 Å². The van der Waals surface area contributed by atoms with E-state index in [1.54, 1.807) is 0 Å². The Morgan fingerprint density at radius 1 is 0.964 bits per heavy atom. The number of nitrogens with one attached hydrogen (secondary N) is 1. The Hall–Kier alpha value is -3.09. The molecule has 0 fully saturated rings. The zero-order valence-corrected chi connectivity index (χ0v) is 15.0. The highest BCUT2D eigenvalue weighted by Gasteiger charge is 2.25. The summed E-state index contributed by atoms with van der Waals surface area (Å²) < 4.78 is 42.6. The largest absolute Gasteiger partial charge is 0.327 e. The summed E-state index contributed by atoms with van der Waals surface area (Å²) in [7, 11) is 0. The first kappa shape index (κ1) is 18.3. The molecule has 0 unspecified atom stereocenters. The lowest BCUT2D eigenvalue weighted by Gasteiger charge is -2.09. The average Bonchev–Trinajstić information content (AvgIpc) is 2.90. The van der Waals surface area contributed by atoms with Crippen molar-refractivity contribution in [2.24, 2.45) is 0 Å². The number of amides is 1. The summed E-state index contributed by atoms with van der Waals surface area (Å²) in [4.78, 5) is 17.4. The first-order valence-corrected chi connectivity index (χ1v) is 9.16. The van der Waals surface area contributed by atoms with Crippen LogP contribution in [-0.4, -0.2) is 15.5 Å². The number of hydrogen-bond donors (Lipinski definition) is 1. The molecule has 4 nitrogen and oxygen atoms in total. The number of aromatic nitrogens is 2. The van der Waals surface area contributed by atoms with Gasteiger partial charge in [0.05, 0.1) is 11.4 Å². The predicted octanol–water partition coefficient (Wildman–Crippen LogP) is 4.95. The van der Waals surface area contributed by atoms with Gasteiger partial charge in [0.15, 0.2) is 17.5 Å². The lowest BCUT2D eigenvalue weighted by atomic mass is 10.1. The molecule has 0 saturated carbocycles. The zero-order valence-electron chi connectivity index (χ0n) is 15.0. The molecule has 0 saturated heterocycles. The van der Waals surface area contributed by atoms with Crippen molar-refractivity contribution in [1.29, 1.82) is 0 Å². The number of rotatable bonds is 3. The van der Waals surface area contributed by atoms with Gasteiger partial charge in [0.1, 0.15) is 11.5 Å². The second-order valence-electron chi connectivity index (χ2n) is 6.74. The fraction of sp³-hybridized carbons (Fsp3) is 0.238. The van der Waals surface area contributed by atoms with Gasteiger partial charge in [-0.3, -0.25) is 4.79 Å². The predicted molar refractivity (Wildman–Crippen MR) is 99.5 cm³/mol. The Kier molecular flexibility index (Phi) is 4.90. The van der Waals surface area contributed by atoms with Crippen molar-refractivity contribution < 1.29 is 18.0 Å². The molecule has 3 aromatic rings. The number of halogens is 3. The lowest BCUT2D eigenvalue weighted by molar-refractivity contribution is 0.102. The van der Waals surface area contributed by atoms with E-state index in [-0.39, 0.29) is 5.69 Å². The first-order chi connectivity index (χ1) is 13.6. The maximum atomic E-state index is 14.0. The highest BCUT2D eigenvalue weighted by atomic mass is 19.2. The molecule has 28 heavy (non-hydrogen) atoms. The molecule has 144 valence electrons. The number of carbonyl (C=O) groups excluding carboxylic acids is 1. The SMILES string of the molecule is O=C(Nc1ccc(F)c(F)c1F)c1nc(-c2ccccc2)n2c1CCCCC2. The number of carbonyl (C=O) groups is 1. The molecule has 4 rings (SSSR count). The average molecular weight is 385 g/mol. The van der Waals surface area contributed by atoms with E-state index < -0.39 is 29.0 Å². The Balaban J connectivity index is 1.74. The van der Waals surface area contributed by atoms with E-state index in [0.717, 1.165) is 49.2 Å². The molecule has 1 aromatic heterocycles. The number of fused-ring (bicyclic) bond motifs is 1. The lowest BCUT2D eigenvalue weighted by Crippen LogP contribution is -2.17. The number of benzene rings is 2. The van der Waals surface area contributed by atoms with Gasteiger partial charge in [-0.2, -0.15) is 0 Å². The van der Waals surface area contributed by atoms with Crippen LogP contribution in [0.2, 0.25) is 0 Å². The summed E-state index contributed by atoms with van der Waals surface area (Å²) in [5.41, 5.74) is 1.42. The van der Waals surface area contributed by atoms with E-state index in [4.69, 9.17) is 0 Å². The van der Waals surface area contributed by atoms with Gasteiger partial charge in [0.2, 0.25) is 0 Å². The molecule has 1 amide bonds. The third-order valence-corrected chi connectivity index (χ3v) is 4.90. The van der Waals surface area contributed by atoms with Crippen molar-refractivity contribution >= 4 is 11.6 Å². The van der Waals surface area contributed by atoms with Crippen LogP contribution >= 0.6 is 0 Å².